The Morgan fingerprint density at radius 1 is 0.396 bits per heavy atom. The molecule has 0 radical (unpaired) electrons. The van der Waals surface area contributed by atoms with Crippen molar-refractivity contribution in [1.29, 1.82) is 0 Å². The van der Waals surface area contributed by atoms with E-state index in [4.69, 9.17) is 14.2 Å². The molecule has 0 heterocycles. The van der Waals surface area contributed by atoms with Gasteiger partial charge in [-0.15, -0.1) is 0 Å². The minimum atomic E-state index is -0.757. The maximum absolute atomic E-state index is 12.5. The standard InChI is InChI=1S/C42H80O6/c1-5-7-9-11-12-13-14-15-16-17-18-19-22-26-29-33-40(43)46-36-39(48-42(45)35-31-24-10-8-6-2)37-47-41(44)34-30-27-23-20-21-25-28-32-38(3)4/h38-39H,5-37H2,1-4H3/t39-/m1/s1. The molecule has 0 saturated carbocycles. The lowest BCUT2D eigenvalue weighted by molar-refractivity contribution is -0.167. The molecule has 0 spiro atoms. The number of carbonyl (C=O) groups is 3. The zero-order valence-electron chi connectivity index (χ0n) is 32.4. The first-order valence-electron chi connectivity index (χ1n) is 20.9. The van der Waals surface area contributed by atoms with Crippen molar-refractivity contribution < 1.29 is 28.6 Å². The minimum Gasteiger partial charge on any atom is -0.462 e. The molecule has 6 nitrogen and oxygen atoms in total. The van der Waals surface area contributed by atoms with Gasteiger partial charge in [-0.2, -0.15) is 0 Å². The maximum Gasteiger partial charge on any atom is 0.306 e. The summed E-state index contributed by atoms with van der Waals surface area (Å²) in [6.07, 6.45) is 34.1. The number of hydrogen-bond donors (Lipinski definition) is 0. The zero-order valence-corrected chi connectivity index (χ0v) is 32.4. The molecule has 0 fully saturated rings. The van der Waals surface area contributed by atoms with Gasteiger partial charge in [0.25, 0.3) is 0 Å². The molecule has 0 aliphatic heterocycles. The van der Waals surface area contributed by atoms with E-state index in [1.54, 1.807) is 0 Å². The fourth-order valence-corrected chi connectivity index (χ4v) is 6.10. The van der Waals surface area contributed by atoms with Gasteiger partial charge in [0.2, 0.25) is 0 Å². The molecule has 0 aromatic heterocycles. The second-order valence-corrected chi connectivity index (χ2v) is 14.7. The Morgan fingerprint density at radius 2 is 0.688 bits per heavy atom. The van der Waals surface area contributed by atoms with E-state index in [2.05, 4.69) is 27.7 Å². The molecule has 0 aliphatic carbocycles. The molecular formula is C42H80O6. The fourth-order valence-electron chi connectivity index (χ4n) is 6.10. The van der Waals surface area contributed by atoms with Crippen LogP contribution in [0.3, 0.4) is 0 Å². The first-order chi connectivity index (χ1) is 23.4. The molecule has 0 bridgehead atoms. The number of hydrogen-bond acceptors (Lipinski definition) is 6. The van der Waals surface area contributed by atoms with Crippen LogP contribution < -0.4 is 0 Å². The van der Waals surface area contributed by atoms with E-state index in [0.717, 1.165) is 70.1 Å². The van der Waals surface area contributed by atoms with E-state index >= 15 is 0 Å². The average molecular weight is 681 g/mol. The lowest BCUT2D eigenvalue weighted by Gasteiger charge is -2.18. The van der Waals surface area contributed by atoms with Gasteiger partial charge in [0.15, 0.2) is 6.10 Å². The van der Waals surface area contributed by atoms with Gasteiger partial charge in [0, 0.05) is 19.3 Å². The molecule has 0 saturated heterocycles. The number of esters is 3. The van der Waals surface area contributed by atoms with Crippen LogP contribution in [0.4, 0.5) is 0 Å². The van der Waals surface area contributed by atoms with Crippen LogP contribution in [0.25, 0.3) is 0 Å². The third kappa shape index (κ3) is 35.7. The average Bonchev–Trinajstić information content (AvgIpc) is 3.06. The van der Waals surface area contributed by atoms with Crippen molar-refractivity contribution in [1.82, 2.24) is 0 Å². The van der Waals surface area contributed by atoms with Gasteiger partial charge in [-0.1, -0.05) is 188 Å². The largest absolute Gasteiger partial charge is 0.462 e. The molecule has 0 unspecified atom stereocenters. The first-order valence-corrected chi connectivity index (χ1v) is 20.9. The molecule has 0 aliphatic rings. The molecule has 48 heavy (non-hydrogen) atoms. The van der Waals surface area contributed by atoms with Gasteiger partial charge in [-0.25, -0.2) is 0 Å². The van der Waals surface area contributed by atoms with Crippen molar-refractivity contribution >= 4 is 17.9 Å². The summed E-state index contributed by atoms with van der Waals surface area (Å²) in [6.45, 7) is 8.85. The molecular weight excluding hydrogens is 600 g/mol. The van der Waals surface area contributed by atoms with E-state index in [-0.39, 0.29) is 31.1 Å². The second kappa shape index (κ2) is 36.7. The van der Waals surface area contributed by atoms with Gasteiger partial charge in [-0.3, -0.25) is 14.4 Å². The van der Waals surface area contributed by atoms with Crippen molar-refractivity contribution in [2.24, 2.45) is 5.92 Å². The highest BCUT2D eigenvalue weighted by Crippen LogP contribution is 2.15. The Hall–Kier alpha value is -1.59. The second-order valence-electron chi connectivity index (χ2n) is 14.7. The Balaban J connectivity index is 4.16. The lowest BCUT2D eigenvalue weighted by Crippen LogP contribution is -2.30. The summed E-state index contributed by atoms with van der Waals surface area (Å²) in [5.41, 5.74) is 0. The van der Waals surface area contributed by atoms with Crippen LogP contribution in [-0.4, -0.2) is 37.2 Å². The van der Waals surface area contributed by atoms with Gasteiger partial charge in [-0.05, 0) is 25.2 Å². The Kier molecular flexibility index (Phi) is 35.5. The SMILES string of the molecule is CCCCCCCCCCCCCCCCCC(=O)OC[C@H](COC(=O)CCCCCCCCCC(C)C)OC(=O)CCCCCCC. The number of unbranched alkanes of at least 4 members (excludes halogenated alkanes) is 24. The topological polar surface area (TPSA) is 78.9 Å². The monoisotopic (exact) mass is 681 g/mol. The zero-order chi connectivity index (χ0) is 35.3. The third-order valence-corrected chi connectivity index (χ3v) is 9.29. The summed E-state index contributed by atoms with van der Waals surface area (Å²) >= 11 is 0. The number of rotatable bonds is 37. The molecule has 6 heteroatoms. The summed E-state index contributed by atoms with van der Waals surface area (Å²) in [4.78, 5) is 37.3. The molecule has 0 N–H and O–H groups in total. The molecule has 0 aromatic rings. The Morgan fingerprint density at radius 3 is 1.02 bits per heavy atom. The van der Waals surface area contributed by atoms with E-state index in [1.807, 2.05) is 0 Å². The molecule has 284 valence electrons. The highest BCUT2D eigenvalue weighted by Gasteiger charge is 2.19. The number of carbonyl (C=O) groups excluding carboxylic acids is 3. The van der Waals surface area contributed by atoms with Crippen LogP contribution in [-0.2, 0) is 28.6 Å². The van der Waals surface area contributed by atoms with E-state index in [0.29, 0.717) is 19.3 Å². The maximum atomic E-state index is 12.5. The third-order valence-electron chi connectivity index (χ3n) is 9.29. The smallest absolute Gasteiger partial charge is 0.306 e. The van der Waals surface area contributed by atoms with E-state index in [1.165, 1.54) is 116 Å². The van der Waals surface area contributed by atoms with Crippen molar-refractivity contribution in [3.05, 3.63) is 0 Å². The predicted octanol–water partition coefficient (Wildman–Crippen LogP) is 12.8. The summed E-state index contributed by atoms with van der Waals surface area (Å²) in [7, 11) is 0. The van der Waals surface area contributed by atoms with Crippen molar-refractivity contribution in [2.75, 3.05) is 13.2 Å². The number of ether oxygens (including phenoxy) is 3. The summed E-state index contributed by atoms with van der Waals surface area (Å²) in [5, 5.41) is 0. The van der Waals surface area contributed by atoms with Crippen molar-refractivity contribution in [3.63, 3.8) is 0 Å². The predicted molar refractivity (Wildman–Crippen MR) is 201 cm³/mol. The fraction of sp³-hybridized carbons (Fsp3) is 0.929. The van der Waals surface area contributed by atoms with Crippen molar-refractivity contribution in [2.45, 2.75) is 233 Å². The van der Waals surface area contributed by atoms with Crippen LogP contribution in [0.1, 0.15) is 227 Å². The van der Waals surface area contributed by atoms with Crippen LogP contribution in [0.15, 0.2) is 0 Å². The van der Waals surface area contributed by atoms with Gasteiger partial charge in [0.1, 0.15) is 13.2 Å². The molecule has 1 atom stereocenters. The lowest BCUT2D eigenvalue weighted by atomic mass is 10.0. The van der Waals surface area contributed by atoms with Crippen LogP contribution in [0, 0.1) is 5.92 Å². The van der Waals surface area contributed by atoms with E-state index in [9.17, 15) is 14.4 Å². The van der Waals surface area contributed by atoms with Gasteiger partial charge < -0.3 is 14.2 Å². The highest BCUT2D eigenvalue weighted by atomic mass is 16.6. The molecule has 0 amide bonds. The van der Waals surface area contributed by atoms with Crippen LogP contribution >= 0.6 is 0 Å². The van der Waals surface area contributed by atoms with Crippen LogP contribution in [0.2, 0.25) is 0 Å². The summed E-state index contributed by atoms with van der Waals surface area (Å²) in [6, 6.07) is 0. The first kappa shape index (κ1) is 46.4. The quantitative estimate of drug-likeness (QED) is 0.0369. The Labute approximate surface area is 298 Å². The van der Waals surface area contributed by atoms with Gasteiger partial charge in [0.05, 0.1) is 0 Å². The summed E-state index contributed by atoms with van der Waals surface area (Å²) in [5.74, 6) is -0.0951. The highest BCUT2D eigenvalue weighted by molar-refractivity contribution is 5.71. The molecule has 0 aromatic carbocycles. The van der Waals surface area contributed by atoms with Gasteiger partial charge >= 0.3 is 17.9 Å². The Bertz CT molecular complexity index is 721. The minimum absolute atomic E-state index is 0.0662. The van der Waals surface area contributed by atoms with Crippen molar-refractivity contribution in [3.8, 4) is 0 Å². The van der Waals surface area contributed by atoms with Crippen LogP contribution in [0.5, 0.6) is 0 Å². The molecule has 0 rings (SSSR count). The summed E-state index contributed by atoms with van der Waals surface area (Å²) < 4.78 is 16.5. The normalized spacial score (nSPS) is 11.9. The van der Waals surface area contributed by atoms with E-state index < -0.39 is 6.10 Å².